The number of carbonyl (C=O) groups is 4. The van der Waals surface area contributed by atoms with Gasteiger partial charge in [-0.2, -0.15) is 0 Å². The van der Waals surface area contributed by atoms with E-state index >= 15 is 0 Å². The van der Waals surface area contributed by atoms with Crippen LogP contribution in [0.5, 0.6) is 0 Å². The zero-order valence-electron chi connectivity index (χ0n) is 26.0. The molecule has 3 rings (SSSR count). The van der Waals surface area contributed by atoms with E-state index in [9.17, 15) is 19.2 Å². The Morgan fingerprint density at radius 3 is 2.09 bits per heavy atom. The SMILES string of the molecule is CCOC(=O)CCN(Cc1ccc(C(=O)Nc2ccccc2NC(=O)OC(C)(C)C)nc1)C(=O)Nc1ccc(N(C)C)cc1. The predicted molar refractivity (Wildman–Crippen MR) is 170 cm³/mol. The van der Waals surface area contributed by atoms with Gasteiger partial charge in [0.15, 0.2) is 0 Å². The number of nitrogens with zero attached hydrogens (tertiary/aromatic N) is 3. The molecule has 12 heteroatoms. The lowest BCUT2D eigenvalue weighted by Crippen LogP contribution is -2.36. The van der Waals surface area contributed by atoms with E-state index in [-0.39, 0.29) is 31.8 Å². The molecule has 0 saturated heterocycles. The Bertz CT molecular complexity index is 1430. The van der Waals surface area contributed by atoms with Gasteiger partial charge in [-0.3, -0.25) is 19.9 Å². The van der Waals surface area contributed by atoms with E-state index in [1.165, 1.54) is 17.2 Å². The summed E-state index contributed by atoms with van der Waals surface area (Å²) in [5, 5.41) is 8.26. The highest BCUT2D eigenvalue weighted by Gasteiger charge is 2.19. The topological polar surface area (TPSA) is 142 Å². The van der Waals surface area contributed by atoms with Crippen LogP contribution < -0.4 is 20.9 Å². The summed E-state index contributed by atoms with van der Waals surface area (Å²) in [6.07, 6.45) is 0.866. The zero-order chi connectivity index (χ0) is 32.3. The number of esters is 1. The van der Waals surface area contributed by atoms with Crippen molar-refractivity contribution in [3.05, 3.63) is 78.1 Å². The van der Waals surface area contributed by atoms with Crippen molar-refractivity contribution in [3.8, 4) is 0 Å². The lowest BCUT2D eigenvalue weighted by molar-refractivity contribution is -0.143. The van der Waals surface area contributed by atoms with Crippen molar-refractivity contribution in [1.82, 2.24) is 9.88 Å². The molecule has 0 radical (unpaired) electrons. The molecule has 0 unspecified atom stereocenters. The molecule has 0 saturated carbocycles. The van der Waals surface area contributed by atoms with Crippen LogP contribution in [-0.2, 0) is 20.8 Å². The Morgan fingerprint density at radius 2 is 1.52 bits per heavy atom. The van der Waals surface area contributed by atoms with Crippen molar-refractivity contribution in [2.24, 2.45) is 0 Å². The first kappa shape index (κ1) is 33.4. The van der Waals surface area contributed by atoms with Crippen LogP contribution in [0.15, 0.2) is 66.9 Å². The van der Waals surface area contributed by atoms with Crippen molar-refractivity contribution in [2.45, 2.75) is 46.3 Å². The fourth-order valence-corrected chi connectivity index (χ4v) is 3.93. The van der Waals surface area contributed by atoms with Crippen LogP contribution in [0.2, 0.25) is 0 Å². The van der Waals surface area contributed by atoms with Gasteiger partial charge in [-0.05, 0) is 75.7 Å². The van der Waals surface area contributed by atoms with Gasteiger partial charge in [-0.25, -0.2) is 9.59 Å². The molecule has 4 amide bonds. The van der Waals surface area contributed by atoms with Crippen molar-refractivity contribution in [1.29, 1.82) is 0 Å². The standard InChI is InChI=1S/C32H40N6O6/c1-7-43-28(39)18-19-38(30(41)34-23-13-15-24(16-14-23)37(5)6)21-22-12-17-27(33-20-22)29(40)35-25-10-8-9-11-26(25)36-31(42)44-32(2,3)4/h8-17,20H,7,18-19,21H2,1-6H3,(H,34,41)(H,35,40)(H,36,42). The van der Waals surface area contributed by atoms with E-state index in [2.05, 4.69) is 20.9 Å². The van der Waals surface area contributed by atoms with Gasteiger partial charge in [-0.1, -0.05) is 18.2 Å². The molecular formula is C32H40N6O6. The molecule has 1 heterocycles. The third-order valence-corrected chi connectivity index (χ3v) is 6.06. The van der Waals surface area contributed by atoms with Crippen LogP contribution in [0.4, 0.5) is 32.3 Å². The zero-order valence-corrected chi connectivity index (χ0v) is 26.0. The van der Waals surface area contributed by atoms with Gasteiger partial charge in [0.2, 0.25) is 0 Å². The number of benzene rings is 2. The molecule has 0 aliphatic heterocycles. The molecule has 3 aromatic rings. The Balaban J connectivity index is 1.69. The summed E-state index contributed by atoms with van der Waals surface area (Å²) in [6, 6.07) is 16.9. The molecule has 0 atom stereocenters. The van der Waals surface area contributed by atoms with E-state index in [0.717, 1.165) is 5.69 Å². The average molecular weight is 605 g/mol. The highest BCUT2D eigenvalue weighted by atomic mass is 16.6. The summed E-state index contributed by atoms with van der Waals surface area (Å²) < 4.78 is 10.3. The number of nitrogens with one attached hydrogen (secondary N) is 3. The quantitative estimate of drug-likeness (QED) is 0.236. The first-order valence-electron chi connectivity index (χ1n) is 14.2. The molecule has 234 valence electrons. The van der Waals surface area contributed by atoms with Crippen molar-refractivity contribution < 1.29 is 28.7 Å². The Kier molecular flexibility index (Phi) is 11.7. The molecule has 12 nitrogen and oxygen atoms in total. The van der Waals surface area contributed by atoms with Crippen molar-refractivity contribution in [2.75, 3.05) is 48.1 Å². The molecular weight excluding hydrogens is 564 g/mol. The second-order valence-corrected chi connectivity index (χ2v) is 11.0. The third-order valence-electron chi connectivity index (χ3n) is 6.06. The molecule has 0 aliphatic rings. The smallest absolute Gasteiger partial charge is 0.412 e. The first-order chi connectivity index (χ1) is 20.8. The van der Waals surface area contributed by atoms with E-state index < -0.39 is 29.6 Å². The van der Waals surface area contributed by atoms with Gasteiger partial charge in [-0.15, -0.1) is 0 Å². The molecule has 0 aliphatic carbocycles. The number of carbonyl (C=O) groups excluding carboxylic acids is 4. The molecule has 2 aromatic carbocycles. The summed E-state index contributed by atoms with van der Waals surface area (Å²) in [4.78, 5) is 58.2. The van der Waals surface area contributed by atoms with E-state index in [0.29, 0.717) is 22.6 Å². The molecule has 3 N–H and O–H groups in total. The highest BCUT2D eigenvalue weighted by molar-refractivity contribution is 6.05. The fraction of sp³-hybridized carbons (Fsp3) is 0.344. The summed E-state index contributed by atoms with van der Waals surface area (Å²) in [5.41, 5.74) is 2.43. The van der Waals surface area contributed by atoms with Gasteiger partial charge < -0.3 is 29.9 Å². The lowest BCUT2D eigenvalue weighted by atomic mass is 10.2. The second kappa shape index (κ2) is 15.4. The third kappa shape index (κ3) is 10.6. The number of aromatic nitrogens is 1. The van der Waals surface area contributed by atoms with Gasteiger partial charge >= 0.3 is 18.1 Å². The van der Waals surface area contributed by atoms with Gasteiger partial charge in [0.1, 0.15) is 11.3 Å². The summed E-state index contributed by atoms with van der Waals surface area (Å²) in [5.74, 6) is -0.903. The highest BCUT2D eigenvalue weighted by Crippen LogP contribution is 2.23. The number of hydrogen-bond donors (Lipinski definition) is 3. The predicted octanol–water partition coefficient (Wildman–Crippen LogP) is 5.73. The van der Waals surface area contributed by atoms with E-state index in [4.69, 9.17) is 9.47 Å². The van der Waals surface area contributed by atoms with Crippen molar-refractivity contribution >= 4 is 46.8 Å². The molecule has 44 heavy (non-hydrogen) atoms. The molecule has 0 bridgehead atoms. The first-order valence-corrected chi connectivity index (χ1v) is 14.2. The maximum absolute atomic E-state index is 13.2. The fourth-order valence-electron chi connectivity index (χ4n) is 3.93. The number of ether oxygens (including phenoxy) is 2. The summed E-state index contributed by atoms with van der Waals surface area (Å²) >= 11 is 0. The molecule has 0 fully saturated rings. The monoisotopic (exact) mass is 604 g/mol. The summed E-state index contributed by atoms with van der Waals surface area (Å²) in [7, 11) is 3.85. The number of hydrogen-bond acceptors (Lipinski definition) is 8. The lowest BCUT2D eigenvalue weighted by Gasteiger charge is -2.23. The van der Waals surface area contributed by atoms with Crippen LogP contribution in [0.25, 0.3) is 0 Å². The van der Waals surface area contributed by atoms with E-state index in [1.807, 2.05) is 31.1 Å². The average Bonchev–Trinajstić information content (AvgIpc) is 2.96. The molecule has 0 spiro atoms. The number of urea groups is 1. The van der Waals surface area contributed by atoms with Gasteiger partial charge in [0.25, 0.3) is 5.91 Å². The second-order valence-electron chi connectivity index (χ2n) is 11.0. The van der Waals surface area contributed by atoms with Gasteiger partial charge in [0.05, 0.1) is 24.4 Å². The minimum absolute atomic E-state index is 0.0193. The van der Waals surface area contributed by atoms with Crippen LogP contribution in [0.1, 0.15) is 50.2 Å². The Labute approximate surface area is 257 Å². The normalized spacial score (nSPS) is 10.8. The van der Waals surface area contributed by atoms with Crippen LogP contribution in [0, 0.1) is 0 Å². The number of pyridine rings is 1. The Hall–Kier alpha value is -5.13. The maximum atomic E-state index is 13.2. The number of anilines is 4. The van der Waals surface area contributed by atoms with Crippen LogP contribution >= 0.6 is 0 Å². The van der Waals surface area contributed by atoms with Crippen LogP contribution in [0.3, 0.4) is 0 Å². The Morgan fingerprint density at radius 1 is 0.864 bits per heavy atom. The largest absolute Gasteiger partial charge is 0.466 e. The summed E-state index contributed by atoms with van der Waals surface area (Å²) in [6.45, 7) is 7.49. The molecule has 1 aromatic heterocycles. The number of para-hydroxylation sites is 2. The number of amides is 4. The van der Waals surface area contributed by atoms with E-state index in [1.54, 1.807) is 70.2 Å². The number of rotatable bonds is 11. The maximum Gasteiger partial charge on any atom is 0.412 e. The minimum Gasteiger partial charge on any atom is -0.466 e. The van der Waals surface area contributed by atoms with Crippen molar-refractivity contribution in [3.63, 3.8) is 0 Å². The van der Waals surface area contributed by atoms with Gasteiger partial charge in [0, 0.05) is 44.8 Å². The van der Waals surface area contributed by atoms with Crippen LogP contribution in [-0.4, -0.2) is 66.7 Å². The minimum atomic E-state index is -0.680.